The van der Waals surface area contributed by atoms with E-state index < -0.39 is 17.5 Å². The van der Waals surface area contributed by atoms with Crippen LogP contribution in [0.25, 0.3) is 16.9 Å². The number of hydrogen-bond donors (Lipinski definition) is 4. The Kier molecular flexibility index (Phi) is 12.6. The number of nitrogens with one attached hydrogen (secondary N) is 2. The van der Waals surface area contributed by atoms with Crippen molar-refractivity contribution in [2.75, 3.05) is 74.5 Å². The zero-order valence-electron chi connectivity index (χ0n) is 36.8. The van der Waals surface area contributed by atoms with E-state index in [2.05, 4.69) is 43.6 Å². The number of nitrogens with zero attached hydrogens (tertiary/aromatic N) is 9. The van der Waals surface area contributed by atoms with Crippen molar-refractivity contribution < 1.29 is 29.1 Å². The number of carbonyl (C=O) groups excluding carboxylic acids is 5. The van der Waals surface area contributed by atoms with Crippen LogP contribution in [0.4, 0.5) is 27.7 Å². The Morgan fingerprint density at radius 2 is 1.61 bits per heavy atom. The number of benzene rings is 2. The number of aliphatic hydroxyl groups is 1. The number of urea groups is 1. The molecule has 0 atom stereocenters. The highest BCUT2D eigenvalue weighted by Gasteiger charge is 2.38. The lowest BCUT2D eigenvalue weighted by molar-refractivity contribution is -0.140. The normalized spacial score (nSPS) is 18.1. The van der Waals surface area contributed by atoms with Crippen LogP contribution in [-0.4, -0.2) is 134 Å². The monoisotopic (exact) mass is 916 g/mol. The van der Waals surface area contributed by atoms with Gasteiger partial charge in [0, 0.05) is 101 Å². The molecule has 1 saturated carbocycles. The minimum absolute atomic E-state index is 0.0151. The number of halogens is 1. The van der Waals surface area contributed by atoms with Crippen LogP contribution in [0.1, 0.15) is 76.9 Å². The molecule has 0 spiro atoms. The molecule has 2 aromatic carbocycles. The van der Waals surface area contributed by atoms with Gasteiger partial charge in [0.05, 0.1) is 40.3 Å². The predicted octanol–water partition coefficient (Wildman–Crippen LogP) is 4.60. The van der Waals surface area contributed by atoms with Gasteiger partial charge in [0.2, 0.25) is 11.8 Å². The number of aromatic nitrogens is 4. The lowest BCUT2D eigenvalue weighted by atomic mass is 9.87. The smallest absolute Gasteiger partial charge is 0.328 e. The van der Waals surface area contributed by atoms with Crippen LogP contribution in [-0.2, 0) is 22.6 Å². The highest BCUT2D eigenvalue weighted by molar-refractivity contribution is 6.34. The molecule has 344 valence electrons. The fourth-order valence-corrected chi connectivity index (χ4v) is 9.19. The maximum absolute atomic E-state index is 13.5. The number of anilines is 4. The molecule has 5 aliphatic rings. The first kappa shape index (κ1) is 44.6. The molecule has 18 nitrogen and oxygen atoms in total. The molecular formula is C47H53ClN12O6. The van der Waals surface area contributed by atoms with E-state index in [9.17, 15) is 29.1 Å². The number of fused-ring (bicyclic) bond motifs is 2. The molecule has 5 N–H and O–H groups in total. The van der Waals surface area contributed by atoms with E-state index in [0.717, 1.165) is 40.2 Å². The number of carbonyl (C=O) groups is 5. The largest absolute Gasteiger partial charge is 0.389 e. The molecule has 0 unspecified atom stereocenters. The van der Waals surface area contributed by atoms with E-state index in [1.807, 2.05) is 29.3 Å². The number of hydrogen-bond acceptors (Lipinski definition) is 12. The number of piperidine rings is 1. The molecule has 66 heavy (non-hydrogen) atoms. The third-order valence-corrected chi connectivity index (χ3v) is 13.2. The van der Waals surface area contributed by atoms with Gasteiger partial charge in [-0.05, 0) is 60.7 Å². The summed E-state index contributed by atoms with van der Waals surface area (Å²) in [5.74, 6) is -0.680. The fraction of sp³-hybridized carbons (Fsp3) is 0.404. The zero-order chi connectivity index (χ0) is 46.1. The molecular weight excluding hydrogens is 864 g/mol. The first-order valence-electron chi connectivity index (χ1n) is 22.5. The quantitative estimate of drug-likeness (QED) is 0.151. The van der Waals surface area contributed by atoms with Crippen LogP contribution in [0, 0.1) is 0 Å². The highest BCUT2D eigenvalue weighted by atomic mass is 35.5. The van der Waals surface area contributed by atoms with Crippen LogP contribution < -0.4 is 26.2 Å². The van der Waals surface area contributed by atoms with Crippen molar-refractivity contribution in [2.24, 2.45) is 5.73 Å². The van der Waals surface area contributed by atoms with E-state index in [0.29, 0.717) is 62.0 Å². The number of imide groups is 1. The van der Waals surface area contributed by atoms with Gasteiger partial charge in [-0.3, -0.25) is 39.3 Å². The van der Waals surface area contributed by atoms with Gasteiger partial charge in [-0.2, -0.15) is 0 Å². The van der Waals surface area contributed by atoms with Crippen molar-refractivity contribution >= 4 is 69.8 Å². The van der Waals surface area contributed by atoms with Gasteiger partial charge in [0.15, 0.2) is 11.5 Å². The van der Waals surface area contributed by atoms with Crippen LogP contribution in [0.15, 0.2) is 67.0 Å². The van der Waals surface area contributed by atoms with Gasteiger partial charge in [0.25, 0.3) is 11.8 Å². The minimum Gasteiger partial charge on any atom is -0.389 e. The Labute approximate surface area is 386 Å². The molecule has 3 saturated heterocycles. The lowest BCUT2D eigenvalue weighted by Crippen LogP contribution is -2.52. The van der Waals surface area contributed by atoms with E-state index in [-0.39, 0.29) is 73.8 Å². The molecule has 5 aromatic rings. The average Bonchev–Trinajstić information content (AvgIpc) is 4.04. The fourth-order valence-electron chi connectivity index (χ4n) is 8.97. The third kappa shape index (κ3) is 9.39. The molecule has 4 aliphatic heterocycles. The molecule has 10 rings (SSSR count). The molecule has 3 aromatic heterocycles. The van der Waals surface area contributed by atoms with Gasteiger partial charge in [-0.15, -0.1) is 5.10 Å². The van der Waals surface area contributed by atoms with Crippen LogP contribution >= 0.6 is 11.6 Å². The van der Waals surface area contributed by atoms with Gasteiger partial charge in [0.1, 0.15) is 5.69 Å². The van der Waals surface area contributed by atoms with Crippen molar-refractivity contribution in [1.29, 1.82) is 0 Å². The first-order valence-corrected chi connectivity index (χ1v) is 22.9. The van der Waals surface area contributed by atoms with Gasteiger partial charge >= 0.3 is 6.03 Å². The van der Waals surface area contributed by atoms with Gasteiger partial charge in [-0.25, -0.2) is 14.3 Å². The maximum atomic E-state index is 13.5. The Hall–Kier alpha value is -6.63. The molecule has 4 fully saturated rings. The first-order chi connectivity index (χ1) is 31.9. The molecule has 7 heterocycles. The number of nitrogens with two attached hydrogens (primary N) is 1. The number of amides is 6. The van der Waals surface area contributed by atoms with Crippen LogP contribution in [0.5, 0.6) is 0 Å². The number of likely N-dealkylation sites (tertiary alicyclic amines) is 1. The second-order valence-electron chi connectivity index (χ2n) is 17.5. The zero-order valence-corrected chi connectivity index (χ0v) is 37.6. The number of primary amides is 1. The van der Waals surface area contributed by atoms with E-state index in [4.69, 9.17) is 27.4 Å². The summed E-state index contributed by atoms with van der Waals surface area (Å²) in [5.41, 5.74) is 11.7. The van der Waals surface area contributed by atoms with Crippen molar-refractivity contribution in [2.45, 2.75) is 63.5 Å². The molecule has 1 aliphatic carbocycles. The molecule has 6 amide bonds. The average molecular weight is 917 g/mol. The second kappa shape index (κ2) is 18.7. The standard InChI is InChI=1S/C44H47ClN12O6.C3H6/c1-47-33-22-37(51-57-36(40(46)60)25-49-41(33)57)55-13-9-30-29(3-2-4-34(30)55)32-8-5-27(24-48-32)26-52-17-19-53(20-18-52)39(59)23-44(63)11-15-54(16-12-44)42(61)28-6-7-31(45)35(21-28)56-14-10-38(58)50-43(56)62;1-2-3-1/h2-8,21-22,24-25,47,63H,9-20,23,26H2,1H3,(H2,46,60)(H,50,58,62);1-3H2. The summed E-state index contributed by atoms with van der Waals surface area (Å²) in [7, 11) is 1.80. The minimum atomic E-state index is -1.23. The summed E-state index contributed by atoms with van der Waals surface area (Å²) >= 11 is 6.38. The van der Waals surface area contributed by atoms with E-state index in [1.165, 1.54) is 34.9 Å². The Morgan fingerprint density at radius 3 is 2.29 bits per heavy atom. The number of imidazole rings is 1. The lowest BCUT2D eigenvalue weighted by Gasteiger charge is -2.40. The van der Waals surface area contributed by atoms with Crippen molar-refractivity contribution in [3.8, 4) is 11.3 Å². The second-order valence-corrected chi connectivity index (χ2v) is 17.9. The Balaban J connectivity index is 0.00000175. The topological polar surface area (TPSA) is 215 Å². The van der Waals surface area contributed by atoms with E-state index in [1.54, 1.807) is 30.1 Å². The van der Waals surface area contributed by atoms with Crippen LogP contribution in [0.2, 0.25) is 5.02 Å². The summed E-state index contributed by atoms with van der Waals surface area (Å²) < 4.78 is 1.49. The summed E-state index contributed by atoms with van der Waals surface area (Å²) in [6.45, 7) is 4.53. The summed E-state index contributed by atoms with van der Waals surface area (Å²) in [4.78, 5) is 81.5. The van der Waals surface area contributed by atoms with Gasteiger partial charge < -0.3 is 30.9 Å². The summed E-state index contributed by atoms with van der Waals surface area (Å²) in [6.07, 6.45) is 9.25. The van der Waals surface area contributed by atoms with Crippen molar-refractivity contribution in [3.05, 3.63) is 94.4 Å². The molecule has 19 heteroatoms. The number of pyridine rings is 1. The SMILES string of the molecule is C1CC1.CNc1cc(N2CCc3c(-c4ccc(CN5CCN(C(=O)CC6(O)CCN(C(=O)c7ccc(Cl)c(N8CCC(=O)NC8=O)c7)CC6)CC5)cn4)cccc32)nn2c(C(N)=O)cnc12. The Bertz CT molecular complexity index is 2690. The molecule has 0 bridgehead atoms. The summed E-state index contributed by atoms with van der Waals surface area (Å²) in [6, 6.07) is 16.3. The van der Waals surface area contributed by atoms with Crippen molar-refractivity contribution in [3.63, 3.8) is 0 Å². The third-order valence-electron chi connectivity index (χ3n) is 12.9. The Morgan fingerprint density at radius 1 is 0.848 bits per heavy atom. The maximum Gasteiger partial charge on any atom is 0.328 e. The summed E-state index contributed by atoms with van der Waals surface area (Å²) in [5, 5.41) is 21.9. The van der Waals surface area contributed by atoms with Crippen LogP contribution in [0.3, 0.4) is 0 Å². The highest BCUT2D eigenvalue weighted by Crippen LogP contribution is 2.40. The van der Waals surface area contributed by atoms with Gasteiger partial charge in [-0.1, -0.05) is 49.1 Å². The number of rotatable bonds is 10. The molecule has 0 radical (unpaired) electrons. The predicted molar refractivity (Wildman–Crippen MR) is 249 cm³/mol. The number of piperazine rings is 1. The van der Waals surface area contributed by atoms with Crippen molar-refractivity contribution in [1.82, 2.24) is 39.6 Å². The van der Waals surface area contributed by atoms with E-state index >= 15 is 0 Å².